The fourth-order valence-corrected chi connectivity index (χ4v) is 2.81. The molecular weight excluding hydrogens is 337 g/mol. The van der Waals surface area contributed by atoms with Crippen LogP contribution in [-0.4, -0.2) is 38.2 Å². The van der Waals surface area contributed by atoms with E-state index in [4.69, 9.17) is 4.52 Å². The highest BCUT2D eigenvalue weighted by Gasteiger charge is 2.31. The molecule has 0 spiro atoms. The van der Waals surface area contributed by atoms with E-state index in [2.05, 4.69) is 25.8 Å². The van der Waals surface area contributed by atoms with Crippen LogP contribution in [-0.2, 0) is 0 Å². The molecule has 1 aliphatic heterocycles. The zero-order chi connectivity index (χ0) is 17.4. The Kier molecular flexibility index (Phi) is 3.96. The standard InChI is InChI=1S/C15H13F3N6O/c16-9-3-1-8(2-4-9)14-20-15(25-22-14)11-12(13(17)18)24(23-21-11)10-5-6-19-7-10/h1-4,10,13,19H,5-7H2. The highest BCUT2D eigenvalue weighted by atomic mass is 19.3. The number of alkyl halides is 2. The smallest absolute Gasteiger partial charge is 0.282 e. The maximum atomic E-state index is 13.6. The molecule has 0 amide bonds. The summed E-state index contributed by atoms with van der Waals surface area (Å²) in [5.41, 5.74) is 0.0214. The summed E-state index contributed by atoms with van der Waals surface area (Å²) in [6.07, 6.45) is -2.10. The van der Waals surface area contributed by atoms with Crippen LogP contribution in [0.3, 0.4) is 0 Å². The summed E-state index contributed by atoms with van der Waals surface area (Å²) in [6.45, 7) is 1.28. The summed E-state index contributed by atoms with van der Waals surface area (Å²) in [7, 11) is 0. The van der Waals surface area contributed by atoms with Gasteiger partial charge in [0.05, 0.1) is 6.04 Å². The Morgan fingerprint density at radius 2 is 2.04 bits per heavy atom. The average molecular weight is 350 g/mol. The average Bonchev–Trinajstić information content (AvgIpc) is 3.34. The minimum Gasteiger partial charge on any atom is -0.332 e. The van der Waals surface area contributed by atoms with E-state index >= 15 is 0 Å². The molecule has 1 saturated heterocycles. The summed E-state index contributed by atoms with van der Waals surface area (Å²) >= 11 is 0. The summed E-state index contributed by atoms with van der Waals surface area (Å²) in [5.74, 6) is -0.389. The number of hydrogen-bond acceptors (Lipinski definition) is 6. The van der Waals surface area contributed by atoms with Gasteiger partial charge in [-0.2, -0.15) is 4.98 Å². The molecule has 0 bridgehead atoms. The number of hydrogen-bond donors (Lipinski definition) is 1. The highest BCUT2D eigenvalue weighted by molar-refractivity contribution is 5.58. The van der Waals surface area contributed by atoms with E-state index in [1.165, 1.54) is 28.9 Å². The minimum atomic E-state index is -2.79. The molecule has 0 radical (unpaired) electrons. The van der Waals surface area contributed by atoms with E-state index in [0.29, 0.717) is 18.5 Å². The molecule has 0 saturated carbocycles. The van der Waals surface area contributed by atoms with Crippen LogP contribution in [0.15, 0.2) is 28.8 Å². The van der Waals surface area contributed by atoms with E-state index in [1.807, 2.05) is 0 Å². The van der Waals surface area contributed by atoms with Gasteiger partial charge >= 0.3 is 0 Å². The van der Waals surface area contributed by atoms with Crippen molar-refractivity contribution in [2.75, 3.05) is 13.1 Å². The first-order valence-corrected chi connectivity index (χ1v) is 7.67. The molecule has 7 nitrogen and oxygen atoms in total. The van der Waals surface area contributed by atoms with Crippen molar-refractivity contribution in [2.24, 2.45) is 0 Å². The predicted octanol–water partition coefficient (Wildman–Crippen LogP) is 2.61. The van der Waals surface area contributed by atoms with Gasteiger partial charge in [-0.15, -0.1) is 5.10 Å². The van der Waals surface area contributed by atoms with E-state index in [-0.39, 0.29) is 29.1 Å². The molecule has 2 aromatic heterocycles. The van der Waals surface area contributed by atoms with Crippen molar-refractivity contribution in [3.05, 3.63) is 35.8 Å². The summed E-state index contributed by atoms with van der Waals surface area (Å²) < 4.78 is 46.5. The first-order chi connectivity index (χ1) is 12.1. The van der Waals surface area contributed by atoms with Gasteiger partial charge in [-0.05, 0) is 37.2 Å². The van der Waals surface area contributed by atoms with Crippen molar-refractivity contribution >= 4 is 0 Å². The van der Waals surface area contributed by atoms with Crippen molar-refractivity contribution < 1.29 is 17.7 Å². The van der Waals surface area contributed by atoms with Crippen LogP contribution in [0.2, 0.25) is 0 Å². The number of aromatic nitrogens is 5. The van der Waals surface area contributed by atoms with Crippen molar-refractivity contribution in [3.8, 4) is 23.0 Å². The van der Waals surface area contributed by atoms with E-state index in [0.717, 1.165) is 6.54 Å². The van der Waals surface area contributed by atoms with Gasteiger partial charge in [0.15, 0.2) is 5.69 Å². The summed E-state index contributed by atoms with van der Waals surface area (Å²) in [5, 5.41) is 14.5. The Labute approximate surface area is 139 Å². The third kappa shape index (κ3) is 2.88. The summed E-state index contributed by atoms with van der Waals surface area (Å²) in [4.78, 5) is 4.10. The Morgan fingerprint density at radius 1 is 1.24 bits per heavy atom. The van der Waals surface area contributed by atoms with Gasteiger partial charge in [0.25, 0.3) is 12.3 Å². The molecule has 1 aliphatic rings. The quantitative estimate of drug-likeness (QED) is 0.779. The van der Waals surface area contributed by atoms with Crippen LogP contribution >= 0.6 is 0 Å². The van der Waals surface area contributed by atoms with Gasteiger partial charge in [-0.3, -0.25) is 0 Å². The van der Waals surface area contributed by atoms with E-state index in [9.17, 15) is 13.2 Å². The van der Waals surface area contributed by atoms with Crippen molar-refractivity contribution in [1.82, 2.24) is 30.5 Å². The van der Waals surface area contributed by atoms with Gasteiger partial charge in [0.1, 0.15) is 11.5 Å². The molecule has 3 aromatic rings. The third-order valence-corrected chi connectivity index (χ3v) is 4.05. The van der Waals surface area contributed by atoms with Crippen LogP contribution < -0.4 is 5.32 Å². The molecule has 25 heavy (non-hydrogen) atoms. The Morgan fingerprint density at radius 3 is 2.72 bits per heavy atom. The molecule has 3 heterocycles. The van der Waals surface area contributed by atoms with E-state index < -0.39 is 12.2 Å². The van der Waals surface area contributed by atoms with Gasteiger partial charge < -0.3 is 9.84 Å². The van der Waals surface area contributed by atoms with Crippen LogP contribution in [0.1, 0.15) is 24.6 Å². The maximum absolute atomic E-state index is 13.6. The fourth-order valence-electron chi connectivity index (χ4n) is 2.81. The van der Waals surface area contributed by atoms with E-state index in [1.54, 1.807) is 0 Å². The Bertz CT molecular complexity index is 870. The van der Waals surface area contributed by atoms with Crippen molar-refractivity contribution in [3.63, 3.8) is 0 Å². The second-order valence-corrected chi connectivity index (χ2v) is 5.65. The van der Waals surface area contributed by atoms with Crippen molar-refractivity contribution in [1.29, 1.82) is 0 Å². The molecule has 1 unspecified atom stereocenters. The molecule has 0 aliphatic carbocycles. The monoisotopic (exact) mass is 350 g/mol. The minimum absolute atomic E-state index is 0.136. The SMILES string of the molecule is Fc1ccc(-c2noc(-c3nnn(C4CCNC4)c3C(F)F)n2)cc1. The predicted molar refractivity (Wildman–Crippen MR) is 80.2 cm³/mol. The van der Waals surface area contributed by atoms with Gasteiger partial charge in [0.2, 0.25) is 5.82 Å². The number of halogens is 3. The summed E-state index contributed by atoms with van der Waals surface area (Å²) in [6, 6.07) is 5.25. The molecule has 1 aromatic carbocycles. The van der Waals surface area contributed by atoms with Crippen LogP contribution in [0.25, 0.3) is 23.0 Å². The molecular formula is C15H13F3N6O. The van der Waals surface area contributed by atoms with Crippen molar-refractivity contribution in [2.45, 2.75) is 18.9 Å². The lowest BCUT2D eigenvalue weighted by Crippen LogP contribution is -2.17. The largest absolute Gasteiger partial charge is 0.332 e. The molecule has 1 atom stereocenters. The lowest BCUT2D eigenvalue weighted by Gasteiger charge is -2.11. The zero-order valence-electron chi connectivity index (χ0n) is 12.9. The van der Waals surface area contributed by atoms with Gasteiger partial charge in [-0.25, -0.2) is 17.9 Å². The fraction of sp³-hybridized carbons (Fsp3) is 0.333. The Hall–Kier alpha value is -2.75. The lowest BCUT2D eigenvalue weighted by atomic mass is 10.2. The normalized spacial score (nSPS) is 17.5. The second-order valence-electron chi connectivity index (χ2n) is 5.65. The molecule has 4 rings (SSSR count). The number of benzene rings is 1. The van der Waals surface area contributed by atoms with Crippen LogP contribution in [0, 0.1) is 5.82 Å². The first-order valence-electron chi connectivity index (χ1n) is 7.67. The maximum Gasteiger partial charge on any atom is 0.282 e. The molecule has 10 heteroatoms. The number of nitrogens with one attached hydrogen (secondary N) is 1. The zero-order valence-corrected chi connectivity index (χ0v) is 12.9. The molecule has 1 N–H and O–H groups in total. The lowest BCUT2D eigenvalue weighted by molar-refractivity contribution is 0.136. The topological polar surface area (TPSA) is 81.7 Å². The second kappa shape index (κ2) is 6.28. The molecule has 130 valence electrons. The Balaban J connectivity index is 1.71. The third-order valence-electron chi connectivity index (χ3n) is 4.05. The highest BCUT2D eigenvalue weighted by Crippen LogP contribution is 2.32. The van der Waals surface area contributed by atoms with Gasteiger partial charge in [0, 0.05) is 12.1 Å². The first kappa shape index (κ1) is 15.8. The number of rotatable bonds is 4. The van der Waals surface area contributed by atoms with Crippen LogP contribution in [0.5, 0.6) is 0 Å². The van der Waals surface area contributed by atoms with Gasteiger partial charge in [-0.1, -0.05) is 10.4 Å². The number of nitrogens with zero attached hydrogens (tertiary/aromatic N) is 5. The van der Waals surface area contributed by atoms with Crippen LogP contribution in [0.4, 0.5) is 13.2 Å². The molecule has 1 fully saturated rings.